The fourth-order valence-electron chi connectivity index (χ4n) is 1.75. The maximum Gasteiger partial charge on any atom is 0.314 e. The first-order chi connectivity index (χ1) is 9.18. The molecule has 1 unspecified atom stereocenters. The number of carboxylic acids is 1. The Morgan fingerprint density at radius 1 is 1.11 bits per heavy atom. The van der Waals surface area contributed by atoms with Crippen molar-refractivity contribution >= 4 is 5.97 Å². The van der Waals surface area contributed by atoms with Crippen LogP contribution < -0.4 is 4.74 Å². The molecular weight excluding hydrogens is 247 g/mol. The van der Waals surface area contributed by atoms with Crippen molar-refractivity contribution < 1.29 is 19.0 Å². The molecule has 0 heterocycles. The standard InChI is InChI=1S/C15H13FO3/c16-14-9-5-4-8-12(14)13(15(17)18)10-19-11-6-2-1-3-7-11/h1-9,13H,10H2,(H,17,18). The number of carboxylic acid groups (broad SMARTS) is 1. The molecule has 1 N–H and O–H groups in total. The van der Waals surface area contributed by atoms with Gasteiger partial charge in [0.15, 0.2) is 0 Å². The highest BCUT2D eigenvalue weighted by Crippen LogP contribution is 2.21. The molecule has 0 aliphatic heterocycles. The molecule has 0 aromatic heterocycles. The van der Waals surface area contributed by atoms with Gasteiger partial charge in [-0.05, 0) is 18.2 Å². The number of hydrogen-bond donors (Lipinski definition) is 1. The van der Waals surface area contributed by atoms with Crippen LogP contribution in [-0.2, 0) is 4.79 Å². The van der Waals surface area contributed by atoms with E-state index in [1.54, 1.807) is 30.3 Å². The highest BCUT2D eigenvalue weighted by Gasteiger charge is 2.23. The van der Waals surface area contributed by atoms with Crippen molar-refractivity contribution in [3.05, 3.63) is 66.0 Å². The third-order valence-corrected chi connectivity index (χ3v) is 2.74. The third-order valence-electron chi connectivity index (χ3n) is 2.74. The lowest BCUT2D eigenvalue weighted by molar-refractivity contribution is -0.139. The number of carbonyl (C=O) groups is 1. The summed E-state index contributed by atoms with van der Waals surface area (Å²) in [6, 6.07) is 14.7. The van der Waals surface area contributed by atoms with E-state index in [-0.39, 0.29) is 12.2 Å². The summed E-state index contributed by atoms with van der Waals surface area (Å²) in [5.41, 5.74) is 0.130. The predicted octanol–water partition coefficient (Wildman–Crippen LogP) is 3.07. The summed E-state index contributed by atoms with van der Waals surface area (Å²) in [5.74, 6) is -2.11. The molecule has 1 atom stereocenters. The summed E-state index contributed by atoms with van der Waals surface area (Å²) in [4.78, 5) is 11.2. The molecule has 0 radical (unpaired) electrons. The first-order valence-electron chi connectivity index (χ1n) is 5.83. The Morgan fingerprint density at radius 2 is 1.74 bits per heavy atom. The number of benzene rings is 2. The average Bonchev–Trinajstić information content (AvgIpc) is 2.42. The molecule has 4 heteroatoms. The minimum Gasteiger partial charge on any atom is -0.492 e. The van der Waals surface area contributed by atoms with E-state index in [0.29, 0.717) is 5.75 Å². The summed E-state index contributed by atoms with van der Waals surface area (Å²) in [6.45, 7) is -0.111. The van der Waals surface area contributed by atoms with Crippen LogP contribution in [0.1, 0.15) is 11.5 Å². The third kappa shape index (κ3) is 3.31. The van der Waals surface area contributed by atoms with Crippen LogP contribution >= 0.6 is 0 Å². The number of rotatable bonds is 5. The largest absolute Gasteiger partial charge is 0.492 e. The highest BCUT2D eigenvalue weighted by molar-refractivity contribution is 5.76. The Morgan fingerprint density at radius 3 is 2.37 bits per heavy atom. The summed E-state index contributed by atoms with van der Waals surface area (Å²) >= 11 is 0. The van der Waals surface area contributed by atoms with Gasteiger partial charge < -0.3 is 9.84 Å². The van der Waals surface area contributed by atoms with Gasteiger partial charge in [-0.3, -0.25) is 4.79 Å². The zero-order valence-electron chi connectivity index (χ0n) is 10.1. The van der Waals surface area contributed by atoms with E-state index in [0.717, 1.165) is 0 Å². The van der Waals surface area contributed by atoms with E-state index in [9.17, 15) is 14.3 Å². The monoisotopic (exact) mass is 260 g/mol. The maximum absolute atomic E-state index is 13.6. The van der Waals surface area contributed by atoms with Gasteiger partial charge in [-0.25, -0.2) is 4.39 Å². The molecule has 2 aromatic rings. The second kappa shape index (κ2) is 6.00. The SMILES string of the molecule is O=C(O)C(COc1ccccc1)c1ccccc1F. The molecule has 0 amide bonds. The molecule has 2 rings (SSSR count). The fourth-order valence-corrected chi connectivity index (χ4v) is 1.75. The molecule has 0 bridgehead atoms. The molecule has 0 saturated heterocycles. The number of hydrogen-bond acceptors (Lipinski definition) is 2. The lowest BCUT2D eigenvalue weighted by Gasteiger charge is -2.14. The van der Waals surface area contributed by atoms with Gasteiger partial charge in [0.1, 0.15) is 24.1 Å². The quantitative estimate of drug-likeness (QED) is 0.898. The smallest absolute Gasteiger partial charge is 0.314 e. The second-order valence-electron chi connectivity index (χ2n) is 4.04. The summed E-state index contributed by atoms with van der Waals surface area (Å²) < 4.78 is 19.0. The Hall–Kier alpha value is -2.36. The van der Waals surface area contributed by atoms with Gasteiger partial charge in [0.05, 0.1) is 0 Å². The summed E-state index contributed by atoms with van der Waals surface area (Å²) in [7, 11) is 0. The minimum atomic E-state index is -1.11. The molecule has 0 aliphatic carbocycles. The van der Waals surface area contributed by atoms with Crippen LogP contribution in [0.25, 0.3) is 0 Å². The maximum atomic E-state index is 13.6. The number of halogens is 1. The zero-order valence-corrected chi connectivity index (χ0v) is 10.1. The lowest BCUT2D eigenvalue weighted by Crippen LogP contribution is -2.20. The number of para-hydroxylation sites is 1. The summed E-state index contributed by atoms with van der Waals surface area (Å²) in [5, 5.41) is 9.18. The van der Waals surface area contributed by atoms with Crippen LogP contribution in [0, 0.1) is 5.82 Å². The Kier molecular flexibility index (Phi) is 4.13. The average molecular weight is 260 g/mol. The van der Waals surface area contributed by atoms with Crippen LogP contribution in [-0.4, -0.2) is 17.7 Å². The van der Waals surface area contributed by atoms with Crippen LogP contribution in [0.3, 0.4) is 0 Å². The van der Waals surface area contributed by atoms with Crippen molar-refractivity contribution in [1.29, 1.82) is 0 Å². The van der Waals surface area contributed by atoms with Gasteiger partial charge in [0, 0.05) is 5.56 Å². The van der Waals surface area contributed by atoms with Crippen molar-refractivity contribution in [3.63, 3.8) is 0 Å². The zero-order chi connectivity index (χ0) is 13.7. The van der Waals surface area contributed by atoms with Crippen molar-refractivity contribution in [2.24, 2.45) is 0 Å². The second-order valence-corrected chi connectivity index (χ2v) is 4.04. The van der Waals surface area contributed by atoms with Gasteiger partial charge in [-0.2, -0.15) is 0 Å². The topological polar surface area (TPSA) is 46.5 Å². The van der Waals surface area contributed by atoms with Gasteiger partial charge >= 0.3 is 5.97 Å². The molecular formula is C15H13FO3. The Labute approximate surface area is 110 Å². The minimum absolute atomic E-state index is 0.111. The lowest BCUT2D eigenvalue weighted by atomic mass is 10.00. The molecule has 0 aliphatic rings. The first kappa shape index (κ1) is 13.1. The van der Waals surface area contributed by atoms with E-state index < -0.39 is 17.7 Å². The van der Waals surface area contributed by atoms with E-state index in [1.165, 1.54) is 18.2 Å². The van der Waals surface area contributed by atoms with E-state index in [4.69, 9.17) is 4.74 Å². The van der Waals surface area contributed by atoms with Gasteiger partial charge in [-0.15, -0.1) is 0 Å². The van der Waals surface area contributed by atoms with Gasteiger partial charge in [0.2, 0.25) is 0 Å². The van der Waals surface area contributed by atoms with E-state index >= 15 is 0 Å². The van der Waals surface area contributed by atoms with Crippen LogP contribution in [0.15, 0.2) is 54.6 Å². The van der Waals surface area contributed by atoms with E-state index in [2.05, 4.69) is 0 Å². The number of ether oxygens (including phenoxy) is 1. The van der Waals surface area contributed by atoms with Crippen molar-refractivity contribution in [2.45, 2.75) is 5.92 Å². The molecule has 98 valence electrons. The normalized spacial score (nSPS) is 11.8. The Balaban J connectivity index is 2.14. The van der Waals surface area contributed by atoms with Crippen molar-refractivity contribution in [3.8, 4) is 5.75 Å². The van der Waals surface area contributed by atoms with Gasteiger partial charge in [0.25, 0.3) is 0 Å². The molecule has 0 spiro atoms. The van der Waals surface area contributed by atoms with Gasteiger partial charge in [-0.1, -0.05) is 36.4 Å². The van der Waals surface area contributed by atoms with E-state index in [1.807, 2.05) is 6.07 Å². The molecule has 3 nitrogen and oxygen atoms in total. The Bertz CT molecular complexity index is 554. The molecule has 0 saturated carbocycles. The van der Waals surface area contributed by atoms with Crippen LogP contribution in [0.4, 0.5) is 4.39 Å². The summed E-state index contributed by atoms with van der Waals surface area (Å²) in [6.07, 6.45) is 0. The molecule has 2 aromatic carbocycles. The van der Waals surface area contributed by atoms with Crippen molar-refractivity contribution in [2.75, 3.05) is 6.61 Å². The fraction of sp³-hybridized carbons (Fsp3) is 0.133. The molecule has 19 heavy (non-hydrogen) atoms. The first-order valence-corrected chi connectivity index (χ1v) is 5.83. The highest BCUT2D eigenvalue weighted by atomic mass is 19.1. The van der Waals surface area contributed by atoms with Crippen molar-refractivity contribution in [1.82, 2.24) is 0 Å². The predicted molar refractivity (Wildman–Crippen MR) is 68.7 cm³/mol. The molecule has 0 fully saturated rings. The van der Waals surface area contributed by atoms with Crippen LogP contribution in [0.2, 0.25) is 0 Å². The number of aliphatic carboxylic acids is 1. The van der Waals surface area contributed by atoms with Crippen LogP contribution in [0.5, 0.6) is 5.75 Å².